The summed E-state index contributed by atoms with van der Waals surface area (Å²) in [6.07, 6.45) is -4.18. The van der Waals surface area contributed by atoms with Crippen LogP contribution in [0, 0.1) is 11.2 Å². The fourth-order valence-corrected chi connectivity index (χ4v) is 6.10. The standard InChI is InChI=1S/C20H18F4N2O5S2/c1-32(28,29)13-3-5-14(6-4-13)33(30,31)26-16-8-12(21)2-7-15(16)17(27)25-19-9-18(10-19,11-19)20(22,23)24/h2-8,26H,9-11H2,1H3,(H,25,27). The van der Waals surface area contributed by atoms with Crippen LogP contribution in [0.25, 0.3) is 0 Å². The van der Waals surface area contributed by atoms with Crippen molar-refractivity contribution in [1.29, 1.82) is 0 Å². The van der Waals surface area contributed by atoms with Gasteiger partial charge in [-0.15, -0.1) is 0 Å². The van der Waals surface area contributed by atoms with Gasteiger partial charge in [0, 0.05) is 11.8 Å². The van der Waals surface area contributed by atoms with Gasteiger partial charge in [-0.1, -0.05) is 0 Å². The molecule has 7 nitrogen and oxygen atoms in total. The van der Waals surface area contributed by atoms with Crippen molar-refractivity contribution in [3.63, 3.8) is 0 Å². The van der Waals surface area contributed by atoms with Gasteiger partial charge in [-0.3, -0.25) is 9.52 Å². The Morgan fingerprint density at radius 1 is 0.939 bits per heavy atom. The normalized spacial score (nSPS) is 24.4. The number of nitrogens with one attached hydrogen (secondary N) is 2. The van der Waals surface area contributed by atoms with Crippen LogP contribution in [-0.2, 0) is 19.9 Å². The zero-order valence-electron chi connectivity index (χ0n) is 17.0. The molecule has 0 atom stereocenters. The summed E-state index contributed by atoms with van der Waals surface area (Å²) in [5.74, 6) is -1.69. The smallest absolute Gasteiger partial charge is 0.346 e. The second-order valence-corrected chi connectivity index (χ2v) is 12.3. The molecule has 0 aromatic heterocycles. The summed E-state index contributed by atoms with van der Waals surface area (Å²) >= 11 is 0. The summed E-state index contributed by atoms with van der Waals surface area (Å²) in [6, 6.07) is 6.97. The third-order valence-corrected chi connectivity index (χ3v) is 8.55. The van der Waals surface area contributed by atoms with E-state index in [9.17, 15) is 39.2 Å². The summed E-state index contributed by atoms with van der Waals surface area (Å²) in [4.78, 5) is 12.3. The Labute approximate surface area is 187 Å². The molecule has 33 heavy (non-hydrogen) atoms. The molecule has 178 valence electrons. The van der Waals surface area contributed by atoms with Crippen LogP contribution >= 0.6 is 0 Å². The summed E-state index contributed by atoms with van der Waals surface area (Å²) in [6.45, 7) is 0. The minimum Gasteiger partial charge on any atom is -0.346 e. The lowest BCUT2D eigenvalue weighted by atomic mass is 9.39. The van der Waals surface area contributed by atoms with Crippen LogP contribution in [0.1, 0.15) is 29.6 Å². The van der Waals surface area contributed by atoms with E-state index in [0.29, 0.717) is 0 Å². The van der Waals surface area contributed by atoms with Gasteiger partial charge in [0.1, 0.15) is 5.82 Å². The lowest BCUT2D eigenvalue weighted by Crippen LogP contribution is -2.78. The number of hydrogen-bond acceptors (Lipinski definition) is 5. The van der Waals surface area contributed by atoms with E-state index in [1.54, 1.807) is 0 Å². The van der Waals surface area contributed by atoms with Gasteiger partial charge in [0.15, 0.2) is 9.84 Å². The van der Waals surface area contributed by atoms with Crippen LogP contribution < -0.4 is 10.0 Å². The van der Waals surface area contributed by atoms with Gasteiger partial charge in [0.2, 0.25) is 0 Å². The molecular formula is C20H18F4N2O5S2. The van der Waals surface area contributed by atoms with Crippen molar-refractivity contribution in [2.75, 3.05) is 11.0 Å². The number of carbonyl (C=O) groups is 1. The number of carbonyl (C=O) groups excluding carboxylic acids is 1. The Hall–Kier alpha value is -2.67. The first-order valence-corrected chi connectivity index (χ1v) is 13.0. The SMILES string of the molecule is CS(=O)(=O)c1ccc(S(=O)(=O)Nc2cc(F)ccc2C(=O)NC23CC(C(F)(F)F)(C2)C3)cc1. The van der Waals surface area contributed by atoms with Gasteiger partial charge in [-0.25, -0.2) is 21.2 Å². The molecule has 0 heterocycles. The first kappa shape index (κ1) is 23.5. The maximum Gasteiger partial charge on any atom is 0.394 e. The van der Waals surface area contributed by atoms with Crippen molar-refractivity contribution in [1.82, 2.24) is 5.32 Å². The molecule has 0 saturated heterocycles. The van der Waals surface area contributed by atoms with Crippen LogP contribution in [0.4, 0.5) is 23.2 Å². The molecular weight excluding hydrogens is 488 g/mol. The molecule has 0 unspecified atom stereocenters. The summed E-state index contributed by atoms with van der Waals surface area (Å²) in [5.41, 5.74) is -3.47. The third kappa shape index (κ3) is 4.07. The zero-order valence-corrected chi connectivity index (χ0v) is 18.7. The van der Waals surface area contributed by atoms with Gasteiger partial charge in [0.25, 0.3) is 15.9 Å². The fraction of sp³-hybridized carbons (Fsp3) is 0.350. The predicted octanol–water partition coefficient (Wildman–Crippen LogP) is 3.24. The Bertz CT molecular complexity index is 1330. The molecule has 3 fully saturated rings. The van der Waals surface area contributed by atoms with Crippen molar-refractivity contribution < 1.29 is 39.2 Å². The largest absolute Gasteiger partial charge is 0.394 e. The maximum absolute atomic E-state index is 13.8. The molecule has 0 radical (unpaired) electrons. The number of sulfonamides is 1. The highest BCUT2D eigenvalue weighted by Gasteiger charge is 2.79. The third-order valence-electron chi connectivity index (χ3n) is 6.04. The number of benzene rings is 2. The molecule has 13 heteroatoms. The highest BCUT2D eigenvalue weighted by atomic mass is 32.2. The van der Waals surface area contributed by atoms with Crippen molar-refractivity contribution >= 4 is 31.5 Å². The van der Waals surface area contributed by atoms with E-state index < -0.39 is 54.4 Å². The number of alkyl halides is 3. The maximum atomic E-state index is 13.8. The monoisotopic (exact) mass is 506 g/mol. The Balaban J connectivity index is 1.55. The van der Waals surface area contributed by atoms with Gasteiger partial charge < -0.3 is 5.32 Å². The fourth-order valence-electron chi connectivity index (χ4n) is 4.40. The average molecular weight is 506 g/mol. The number of anilines is 1. The lowest BCUT2D eigenvalue weighted by molar-refractivity contribution is -0.336. The minimum absolute atomic E-state index is 0.109. The van der Waals surface area contributed by atoms with E-state index in [0.717, 1.165) is 48.7 Å². The quantitative estimate of drug-likeness (QED) is 0.585. The molecule has 3 aliphatic carbocycles. The number of halogens is 4. The molecule has 2 N–H and O–H groups in total. The van der Waals surface area contributed by atoms with E-state index in [-0.39, 0.29) is 34.6 Å². The molecule has 3 aliphatic rings. The Kier molecular flexibility index (Phi) is 5.10. The summed E-state index contributed by atoms with van der Waals surface area (Å²) in [5, 5.41) is 2.52. The van der Waals surface area contributed by atoms with Crippen molar-refractivity contribution in [3.8, 4) is 0 Å². The second kappa shape index (κ2) is 7.16. The van der Waals surface area contributed by atoms with Crippen LogP contribution in [0.15, 0.2) is 52.3 Å². The molecule has 3 saturated carbocycles. The van der Waals surface area contributed by atoms with Crippen molar-refractivity contribution in [3.05, 3.63) is 53.8 Å². The van der Waals surface area contributed by atoms with Crippen LogP contribution in [0.3, 0.4) is 0 Å². The Morgan fingerprint density at radius 2 is 1.48 bits per heavy atom. The number of sulfone groups is 1. The summed E-state index contributed by atoms with van der Waals surface area (Å²) in [7, 11) is -7.90. The molecule has 5 rings (SSSR count). The first-order chi connectivity index (χ1) is 15.1. The topological polar surface area (TPSA) is 109 Å². The zero-order chi connectivity index (χ0) is 24.4. The van der Waals surface area contributed by atoms with Gasteiger partial charge in [-0.2, -0.15) is 13.2 Å². The predicted molar refractivity (Wildman–Crippen MR) is 109 cm³/mol. The summed E-state index contributed by atoms with van der Waals surface area (Å²) < 4.78 is 104. The molecule has 2 aromatic carbocycles. The minimum atomic E-state index is -4.36. The second-order valence-electron chi connectivity index (χ2n) is 8.58. The van der Waals surface area contributed by atoms with E-state index in [1.807, 2.05) is 0 Å². The molecule has 1 amide bonds. The number of rotatable bonds is 6. The van der Waals surface area contributed by atoms with Crippen LogP contribution in [-0.4, -0.2) is 40.7 Å². The highest BCUT2D eigenvalue weighted by Crippen LogP contribution is 2.73. The van der Waals surface area contributed by atoms with Gasteiger partial charge >= 0.3 is 6.18 Å². The number of hydrogen-bond donors (Lipinski definition) is 2. The molecule has 0 aliphatic heterocycles. The van der Waals surface area contributed by atoms with E-state index >= 15 is 0 Å². The number of amides is 1. The molecule has 2 bridgehead atoms. The average Bonchev–Trinajstić information content (AvgIpc) is 2.61. The van der Waals surface area contributed by atoms with Crippen molar-refractivity contribution in [2.24, 2.45) is 5.41 Å². The van der Waals surface area contributed by atoms with Crippen LogP contribution in [0.5, 0.6) is 0 Å². The van der Waals surface area contributed by atoms with Gasteiger partial charge in [-0.05, 0) is 61.7 Å². The van der Waals surface area contributed by atoms with Gasteiger partial charge in [0.05, 0.1) is 26.5 Å². The lowest BCUT2D eigenvalue weighted by Gasteiger charge is -2.70. The van der Waals surface area contributed by atoms with E-state index in [1.165, 1.54) is 0 Å². The molecule has 2 aromatic rings. The van der Waals surface area contributed by atoms with E-state index in [4.69, 9.17) is 0 Å². The molecule has 0 spiro atoms. The van der Waals surface area contributed by atoms with E-state index in [2.05, 4.69) is 10.0 Å². The first-order valence-electron chi connectivity index (χ1n) is 9.58. The van der Waals surface area contributed by atoms with Crippen LogP contribution in [0.2, 0.25) is 0 Å². The Morgan fingerprint density at radius 3 is 2.00 bits per heavy atom. The van der Waals surface area contributed by atoms with Crippen molar-refractivity contribution in [2.45, 2.75) is 40.8 Å². The highest BCUT2D eigenvalue weighted by molar-refractivity contribution is 7.92.